The van der Waals surface area contributed by atoms with Crippen LogP contribution < -0.4 is 14.8 Å². The molecule has 0 radical (unpaired) electrons. The lowest BCUT2D eigenvalue weighted by Gasteiger charge is -2.28. The summed E-state index contributed by atoms with van der Waals surface area (Å²) >= 11 is 0. The number of nitrogens with zero attached hydrogens (tertiary/aromatic N) is 2. The largest absolute Gasteiger partial charge is 0.488 e. The van der Waals surface area contributed by atoms with E-state index in [0.29, 0.717) is 42.2 Å². The van der Waals surface area contributed by atoms with Crippen LogP contribution >= 0.6 is 0 Å². The molecule has 1 aliphatic heterocycles. The van der Waals surface area contributed by atoms with Crippen LogP contribution in [-0.4, -0.2) is 41.4 Å². The highest BCUT2D eigenvalue weighted by Gasteiger charge is 2.24. The summed E-state index contributed by atoms with van der Waals surface area (Å²) in [5, 5.41) is 3.44. The van der Waals surface area contributed by atoms with Crippen LogP contribution in [0.1, 0.15) is 46.5 Å². The summed E-state index contributed by atoms with van der Waals surface area (Å²) in [6, 6.07) is 5.25. The Kier molecular flexibility index (Phi) is 6.37. The Labute approximate surface area is 177 Å². The first-order valence-electron chi connectivity index (χ1n) is 10.8. The van der Waals surface area contributed by atoms with Gasteiger partial charge in [-0.3, -0.25) is 0 Å². The highest BCUT2D eigenvalue weighted by molar-refractivity contribution is 5.69. The van der Waals surface area contributed by atoms with Gasteiger partial charge in [0.15, 0.2) is 11.6 Å². The molecule has 2 aromatic rings. The molecule has 2 heterocycles. The van der Waals surface area contributed by atoms with Gasteiger partial charge >= 0.3 is 0 Å². The van der Waals surface area contributed by atoms with Gasteiger partial charge in [-0.25, -0.2) is 9.37 Å². The molecule has 1 aliphatic carbocycles. The van der Waals surface area contributed by atoms with Crippen molar-refractivity contribution in [2.75, 3.05) is 18.5 Å². The number of anilines is 1. The number of nitrogens with one attached hydrogen (secondary N) is 1. The van der Waals surface area contributed by atoms with Crippen LogP contribution in [0.2, 0.25) is 0 Å². The van der Waals surface area contributed by atoms with E-state index in [4.69, 9.17) is 14.2 Å². The molecule has 1 N–H and O–H groups in total. The van der Waals surface area contributed by atoms with Crippen molar-refractivity contribution in [2.45, 2.75) is 64.7 Å². The Morgan fingerprint density at radius 2 is 1.93 bits per heavy atom. The van der Waals surface area contributed by atoms with Gasteiger partial charge in [-0.05, 0) is 63.1 Å². The highest BCUT2D eigenvalue weighted by atomic mass is 19.1. The van der Waals surface area contributed by atoms with E-state index in [-0.39, 0.29) is 18.0 Å². The maximum absolute atomic E-state index is 14.5. The van der Waals surface area contributed by atoms with Gasteiger partial charge in [0.1, 0.15) is 6.10 Å². The number of benzene rings is 1. The first-order chi connectivity index (χ1) is 14.5. The Hall–Kier alpha value is -2.41. The predicted molar refractivity (Wildman–Crippen MR) is 113 cm³/mol. The fourth-order valence-corrected chi connectivity index (χ4v) is 3.77. The van der Waals surface area contributed by atoms with Crippen molar-refractivity contribution in [1.29, 1.82) is 0 Å². The van der Waals surface area contributed by atoms with Crippen molar-refractivity contribution in [3.05, 3.63) is 30.2 Å². The fraction of sp³-hybridized carbons (Fsp3) is 0.565. The lowest BCUT2D eigenvalue weighted by atomic mass is 9.87. The maximum atomic E-state index is 14.5. The molecular weight excluding hydrogens is 385 g/mol. The Morgan fingerprint density at radius 1 is 1.17 bits per heavy atom. The average Bonchev–Trinajstić information content (AvgIpc) is 2.68. The van der Waals surface area contributed by atoms with Crippen LogP contribution in [0.4, 0.5) is 10.3 Å². The molecule has 0 unspecified atom stereocenters. The molecule has 1 saturated carbocycles. The third-order valence-electron chi connectivity index (χ3n) is 5.59. The molecule has 6 nitrogen and oxygen atoms in total. The zero-order valence-electron chi connectivity index (χ0n) is 17.9. The molecule has 1 saturated heterocycles. The van der Waals surface area contributed by atoms with Gasteiger partial charge in [0.2, 0.25) is 11.8 Å². The van der Waals surface area contributed by atoms with Crippen molar-refractivity contribution in [1.82, 2.24) is 9.97 Å². The van der Waals surface area contributed by atoms with E-state index >= 15 is 0 Å². The minimum atomic E-state index is -0.419. The Balaban J connectivity index is 1.57. The van der Waals surface area contributed by atoms with E-state index in [1.165, 1.54) is 18.9 Å². The number of halogens is 1. The molecule has 0 amide bonds. The van der Waals surface area contributed by atoms with Gasteiger partial charge in [-0.1, -0.05) is 13.0 Å². The molecule has 0 spiro atoms. The first kappa shape index (κ1) is 20.8. The number of hydrogen-bond donors (Lipinski definition) is 1. The quantitative estimate of drug-likeness (QED) is 0.698. The number of ether oxygens (including phenoxy) is 3. The molecule has 1 aromatic heterocycles. The smallest absolute Gasteiger partial charge is 0.226 e. The second-order valence-corrected chi connectivity index (χ2v) is 8.60. The lowest BCUT2D eigenvalue weighted by molar-refractivity contribution is -0.0810. The fourth-order valence-electron chi connectivity index (χ4n) is 3.77. The van der Waals surface area contributed by atoms with Gasteiger partial charge < -0.3 is 19.5 Å². The van der Waals surface area contributed by atoms with E-state index < -0.39 is 5.82 Å². The molecule has 1 aromatic carbocycles. The average molecular weight is 416 g/mol. The topological polar surface area (TPSA) is 65.5 Å². The SMILES string of the molecule is CC1CCC(Nc2ncc(-c3ccc(OC(C)C)c(F)c3)c(OC3COC3)n2)CC1. The normalized spacial score (nSPS) is 21.9. The van der Waals surface area contributed by atoms with Gasteiger partial charge in [0.05, 0.1) is 24.9 Å². The van der Waals surface area contributed by atoms with Crippen LogP contribution in [0.5, 0.6) is 11.6 Å². The van der Waals surface area contributed by atoms with Crippen molar-refractivity contribution < 1.29 is 18.6 Å². The van der Waals surface area contributed by atoms with E-state index in [1.54, 1.807) is 18.3 Å². The van der Waals surface area contributed by atoms with Crippen LogP contribution in [0.3, 0.4) is 0 Å². The molecule has 0 bridgehead atoms. The minimum absolute atomic E-state index is 0.0459. The zero-order chi connectivity index (χ0) is 21.1. The standard InChI is InChI=1S/C23H30FN3O3/c1-14(2)29-21-9-6-16(10-20(21)24)19-11-25-23(26-17-7-4-15(3)5-8-17)27-22(19)30-18-12-28-13-18/h6,9-11,14-15,17-18H,4-5,7-8,12-13H2,1-3H3,(H,25,26,27). The van der Waals surface area contributed by atoms with Crippen LogP contribution in [0.25, 0.3) is 11.1 Å². The van der Waals surface area contributed by atoms with E-state index in [0.717, 1.165) is 18.8 Å². The predicted octanol–water partition coefficient (Wildman–Crippen LogP) is 4.84. The van der Waals surface area contributed by atoms with Gasteiger partial charge in [-0.2, -0.15) is 4.98 Å². The van der Waals surface area contributed by atoms with Crippen molar-refractivity contribution in [3.8, 4) is 22.8 Å². The molecule has 2 aliphatic rings. The Bertz CT molecular complexity index is 865. The van der Waals surface area contributed by atoms with E-state index in [1.807, 2.05) is 13.8 Å². The third kappa shape index (κ3) is 5.01. The van der Waals surface area contributed by atoms with Gasteiger partial charge in [0.25, 0.3) is 0 Å². The summed E-state index contributed by atoms with van der Waals surface area (Å²) in [6.07, 6.45) is 6.20. The molecule has 4 rings (SSSR count). The van der Waals surface area contributed by atoms with Crippen LogP contribution in [-0.2, 0) is 4.74 Å². The second-order valence-electron chi connectivity index (χ2n) is 8.60. The highest BCUT2D eigenvalue weighted by Crippen LogP contribution is 2.33. The van der Waals surface area contributed by atoms with Crippen molar-refractivity contribution in [2.24, 2.45) is 5.92 Å². The number of hydrogen-bond acceptors (Lipinski definition) is 6. The Morgan fingerprint density at radius 3 is 2.57 bits per heavy atom. The van der Waals surface area contributed by atoms with Gasteiger partial charge in [-0.15, -0.1) is 0 Å². The minimum Gasteiger partial charge on any atom is -0.488 e. The van der Waals surface area contributed by atoms with E-state index in [9.17, 15) is 4.39 Å². The molecular formula is C23H30FN3O3. The van der Waals surface area contributed by atoms with E-state index in [2.05, 4.69) is 22.2 Å². The first-order valence-corrected chi connectivity index (χ1v) is 10.8. The van der Waals surface area contributed by atoms with Crippen molar-refractivity contribution >= 4 is 5.95 Å². The lowest BCUT2D eigenvalue weighted by Crippen LogP contribution is -2.39. The third-order valence-corrected chi connectivity index (χ3v) is 5.59. The summed E-state index contributed by atoms with van der Waals surface area (Å²) in [5.74, 6) is 1.59. The van der Waals surface area contributed by atoms with Crippen LogP contribution in [0.15, 0.2) is 24.4 Å². The summed E-state index contributed by atoms with van der Waals surface area (Å²) in [5.41, 5.74) is 1.30. The maximum Gasteiger partial charge on any atom is 0.226 e. The molecule has 7 heteroatoms. The van der Waals surface area contributed by atoms with Crippen LogP contribution in [0, 0.1) is 11.7 Å². The summed E-state index contributed by atoms with van der Waals surface area (Å²) in [6.45, 7) is 7.09. The summed E-state index contributed by atoms with van der Waals surface area (Å²) in [7, 11) is 0. The van der Waals surface area contributed by atoms with Gasteiger partial charge in [0, 0.05) is 12.2 Å². The zero-order valence-corrected chi connectivity index (χ0v) is 17.9. The second kappa shape index (κ2) is 9.16. The summed E-state index contributed by atoms with van der Waals surface area (Å²) < 4.78 is 31.3. The van der Waals surface area contributed by atoms with Crippen molar-refractivity contribution in [3.63, 3.8) is 0 Å². The monoisotopic (exact) mass is 415 g/mol. The molecule has 2 fully saturated rings. The number of aromatic nitrogens is 2. The molecule has 0 atom stereocenters. The summed E-state index contributed by atoms with van der Waals surface area (Å²) in [4.78, 5) is 9.12. The molecule has 30 heavy (non-hydrogen) atoms. The molecule has 162 valence electrons. The number of rotatable bonds is 7.